The number of rotatable bonds is 5. The van der Waals surface area contributed by atoms with Gasteiger partial charge in [-0.3, -0.25) is 0 Å². The van der Waals surface area contributed by atoms with Gasteiger partial charge in [-0.2, -0.15) is 0 Å². The van der Waals surface area contributed by atoms with E-state index in [0.717, 1.165) is 11.5 Å². The van der Waals surface area contributed by atoms with E-state index in [-0.39, 0.29) is 13.1 Å². The normalized spacial score (nSPS) is 20.7. The Kier molecular flexibility index (Phi) is 5.16. The van der Waals surface area contributed by atoms with Crippen LogP contribution < -0.4 is 9.47 Å². The van der Waals surface area contributed by atoms with Crippen molar-refractivity contribution < 1.29 is 9.47 Å². The fraction of sp³-hybridized carbons (Fsp3) is 0.600. The minimum absolute atomic E-state index is 0.0387. The predicted octanol–water partition coefficient (Wildman–Crippen LogP) is 6.02. The number of allylic oxidation sites excluding steroid dienone is 2. The molecule has 1 aromatic carbocycles. The molecule has 3 heteroatoms. The summed E-state index contributed by atoms with van der Waals surface area (Å²) < 4.78 is 11.5. The van der Waals surface area contributed by atoms with Gasteiger partial charge in [-0.25, -0.2) is 0 Å². The van der Waals surface area contributed by atoms with Crippen LogP contribution >= 0.6 is 7.92 Å². The van der Waals surface area contributed by atoms with Crippen molar-refractivity contribution >= 4 is 13.5 Å². The maximum atomic E-state index is 5.79. The number of hydrogen-bond donors (Lipinski definition) is 0. The van der Waals surface area contributed by atoms with E-state index < -0.39 is 0 Å². The number of methoxy groups -OCH3 is 2. The molecule has 0 saturated heterocycles. The molecule has 0 saturated carbocycles. The van der Waals surface area contributed by atoms with Crippen molar-refractivity contribution in [2.45, 2.75) is 64.9 Å². The molecule has 1 aliphatic rings. The summed E-state index contributed by atoms with van der Waals surface area (Å²) in [6.07, 6.45) is 0. The summed E-state index contributed by atoms with van der Waals surface area (Å²) in [5.41, 5.74) is 6.72. The van der Waals surface area contributed by atoms with Gasteiger partial charge in [0.15, 0.2) is 0 Å². The third kappa shape index (κ3) is 2.60. The van der Waals surface area contributed by atoms with Crippen LogP contribution in [0.5, 0.6) is 11.5 Å². The van der Waals surface area contributed by atoms with Crippen LogP contribution in [0.15, 0.2) is 17.7 Å². The topological polar surface area (TPSA) is 18.5 Å². The van der Waals surface area contributed by atoms with Gasteiger partial charge in [0, 0.05) is 16.3 Å². The lowest BCUT2D eigenvalue weighted by molar-refractivity contribution is 0.396. The largest absolute Gasteiger partial charge is 0.496 e. The second kappa shape index (κ2) is 6.48. The van der Waals surface area contributed by atoms with Gasteiger partial charge < -0.3 is 9.47 Å². The van der Waals surface area contributed by atoms with Crippen molar-refractivity contribution in [2.75, 3.05) is 14.2 Å². The molecule has 2 nitrogen and oxygen atoms in total. The van der Waals surface area contributed by atoms with Gasteiger partial charge in [-0.05, 0) is 49.8 Å². The Morgan fingerprint density at radius 3 is 1.83 bits per heavy atom. The first-order chi connectivity index (χ1) is 10.7. The molecule has 0 spiro atoms. The third-order valence-corrected chi connectivity index (χ3v) is 9.17. The van der Waals surface area contributed by atoms with E-state index in [9.17, 15) is 0 Å². The van der Waals surface area contributed by atoms with E-state index in [1.54, 1.807) is 14.2 Å². The summed E-state index contributed by atoms with van der Waals surface area (Å²) in [5.74, 6) is 1.96. The predicted molar refractivity (Wildman–Crippen MR) is 102 cm³/mol. The van der Waals surface area contributed by atoms with E-state index in [1.807, 2.05) is 6.07 Å². The molecule has 0 radical (unpaired) electrons. The van der Waals surface area contributed by atoms with Crippen LogP contribution in [0.25, 0.3) is 5.57 Å². The average Bonchev–Trinajstić information content (AvgIpc) is 2.68. The molecule has 1 aliphatic carbocycles. The van der Waals surface area contributed by atoms with Crippen molar-refractivity contribution in [3.05, 3.63) is 28.8 Å². The van der Waals surface area contributed by atoms with Gasteiger partial charge in [0.2, 0.25) is 0 Å². The van der Waals surface area contributed by atoms with Crippen LogP contribution in [-0.2, 0) is 5.16 Å². The summed E-state index contributed by atoms with van der Waals surface area (Å²) in [5, 5.41) is 0.0387. The number of fused-ring (bicyclic) bond motifs is 1. The van der Waals surface area contributed by atoms with Crippen molar-refractivity contribution in [1.82, 2.24) is 0 Å². The molecular weight excluding hydrogens is 303 g/mol. The van der Waals surface area contributed by atoms with Crippen LogP contribution in [0, 0.1) is 0 Å². The molecule has 0 unspecified atom stereocenters. The number of benzene rings is 1. The minimum Gasteiger partial charge on any atom is -0.496 e. The summed E-state index contributed by atoms with van der Waals surface area (Å²) in [6.45, 7) is 16.4. The lowest BCUT2D eigenvalue weighted by Gasteiger charge is -2.43. The van der Waals surface area contributed by atoms with Gasteiger partial charge >= 0.3 is 0 Å². The Labute approximate surface area is 143 Å². The van der Waals surface area contributed by atoms with Crippen LogP contribution in [0.3, 0.4) is 0 Å². The summed E-state index contributed by atoms with van der Waals surface area (Å²) in [7, 11) is 3.29. The van der Waals surface area contributed by atoms with E-state index in [4.69, 9.17) is 9.47 Å². The molecule has 23 heavy (non-hydrogen) atoms. The molecule has 1 atom stereocenters. The Hall–Kier alpha value is -1.01. The fourth-order valence-electron chi connectivity index (χ4n) is 4.45. The Bertz CT molecular complexity index is 623. The Morgan fingerprint density at radius 1 is 0.913 bits per heavy atom. The average molecular weight is 334 g/mol. The zero-order valence-corrected chi connectivity index (χ0v) is 17.0. The van der Waals surface area contributed by atoms with Crippen molar-refractivity contribution in [3.8, 4) is 11.5 Å². The minimum atomic E-state index is -0.247. The summed E-state index contributed by atoms with van der Waals surface area (Å²) >= 11 is 0. The molecule has 0 N–H and O–H groups in total. The molecule has 0 heterocycles. The highest BCUT2D eigenvalue weighted by molar-refractivity contribution is 7.60. The second-order valence-corrected chi connectivity index (χ2v) is 10.9. The maximum absolute atomic E-state index is 5.79. The molecule has 1 aromatic rings. The lowest BCUT2D eigenvalue weighted by Crippen LogP contribution is -2.27. The molecule has 0 bridgehead atoms. The first kappa shape index (κ1) is 18.3. The standard InChI is InChI=1S/C20H31O2P/c1-12(2)23(13(3)4)20(7)15(6)14(5)18-16(21-8)10-11-17(22-9)19(18)20/h10-13H,1-9H3/t20-/m1/s1. The Balaban J connectivity index is 2.85. The van der Waals surface area contributed by atoms with Crippen molar-refractivity contribution in [2.24, 2.45) is 0 Å². The van der Waals surface area contributed by atoms with E-state index in [2.05, 4.69) is 54.5 Å². The van der Waals surface area contributed by atoms with Gasteiger partial charge in [-0.15, -0.1) is 0 Å². The molecule has 0 aliphatic heterocycles. The molecule has 128 valence electrons. The molecule has 2 rings (SSSR count). The smallest absolute Gasteiger partial charge is 0.126 e. The first-order valence-corrected chi connectivity index (χ1v) is 9.91. The summed E-state index contributed by atoms with van der Waals surface area (Å²) in [6, 6.07) is 4.10. The zero-order chi connectivity index (χ0) is 17.5. The van der Waals surface area contributed by atoms with Crippen LogP contribution in [0.4, 0.5) is 0 Å². The molecule has 0 aromatic heterocycles. The van der Waals surface area contributed by atoms with Gasteiger partial charge in [0.1, 0.15) is 11.5 Å². The number of hydrogen-bond acceptors (Lipinski definition) is 2. The van der Waals surface area contributed by atoms with Crippen molar-refractivity contribution in [1.29, 1.82) is 0 Å². The van der Waals surface area contributed by atoms with Gasteiger partial charge in [0.05, 0.1) is 14.2 Å². The number of ether oxygens (including phenoxy) is 2. The Morgan fingerprint density at radius 2 is 1.39 bits per heavy atom. The first-order valence-electron chi connectivity index (χ1n) is 8.43. The van der Waals surface area contributed by atoms with Crippen LogP contribution in [-0.4, -0.2) is 25.5 Å². The lowest BCUT2D eigenvalue weighted by atomic mass is 9.96. The third-order valence-electron chi connectivity index (χ3n) is 5.35. The van der Waals surface area contributed by atoms with Gasteiger partial charge in [0.25, 0.3) is 0 Å². The van der Waals surface area contributed by atoms with E-state index >= 15 is 0 Å². The van der Waals surface area contributed by atoms with Crippen molar-refractivity contribution in [3.63, 3.8) is 0 Å². The quantitative estimate of drug-likeness (QED) is 0.613. The second-order valence-electron chi connectivity index (χ2n) is 7.14. The van der Waals surface area contributed by atoms with Gasteiger partial charge in [-0.1, -0.05) is 41.2 Å². The molecular formula is C20H31O2P. The SMILES string of the molecule is COc1ccc(OC)c2c1C(C)=C(C)[C@@]2(C)P(C(C)C)C(C)C. The highest BCUT2D eigenvalue weighted by Gasteiger charge is 2.48. The maximum Gasteiger partial charge on any atom is 0.126 e. The molecule has 0 fully saturated rings. The fourth-order valence-corrected chi connectivity index (χ4v) is 8.75. The summed E-state index contributed by atoms with van der Waals surface area (Å²) in [4.78, 5) is 0. The molecule has 0 amide bonds. The highest BCUT2D eigenvalue weighted by Crippen LogP contribution is 2.71. The van der Waals surface area contributed by atoms with E-state index in [0.29, 0.717) is 11.3 Å². The van der Waals surface area contributed by atoms with Crippen LogP contribution in [0.1, 0.15) is 59.6 Å². The van der Waals surface area contributed by atoms with E-state index in [1.165, 1.54) is 22.3 Å². The monoisotopic (exact) mass is 334 g/mol. The highest BCUT2D eigenvalue weighted by atomic mass is 31.1. The zero-order valence-electron chi connectivity index (χ0n) is 16.1. The van der Waals surface area contributed by atoms with Crippen LogP contribution in [0.2, 0.25) is 0 Å².